The summed E-state index contributed by atoms with van der Waals surface area (Å²) < 4.78 is 0.867. The fourth-order valence-electron chi connectivity index (χ4n) is 3.93. The lowest BCUT2D eigenvalue weighted by Crippen LogP contribution is -2.36. The minimum atomic E-state index is -0.379. The van der Waals surface area contributed by atoms with Crippen LogP contribution in [0.4, 0.5) is 11.4 Å². The Balaban J connectivity index is 1.92. The zero-order chi connectivity index (χ0) is 18.5. The molecule has 1 aliphatic heterocycles. The quantitative estimate of drug-likeness (QED) is 0.599. The number of halogens is 1. The molecule has 0 aromatic heterocycles. The smallest absolute Gasteiger partial charge is 0.145 e. The van der Waals surface area contributed by atoms with Crippen molar-refractivity contribution in [2.45, 2.75) is 26.3 Å². The van der Waals surface area contributed by atoms with Crippen molar-refractivity contribution in [3.63, 3.8) is 0 Å². The van der Waals surface area contributed by atoms with Gasteiger partial charge in [0.05, 0.1) is 23.3 Å². The van der Waals surface area contributed by atoms with Gasteiger partial charge in [-0.3, -0.25) is 4.79 Å². The lowest BCUT2D eigenvalue weighted by Gasteiger charge is -2.35. The third-order valence-electron chi connectivity index (χ3n) is 5.03. The average molecular weight is 413 g/mol. The fourth-order valence-corrected chi connectivity index (χ4v) is 4.31. The maximum absolute atomic E-state index is 13.1. The van der Waals surface area contributed by atoms with E-state index in [0.29, 0.717) is 12.0 Å². The highest BCUT2D eigenvalue weighted by Crippen LogP contribution is 2.47. The van der Waals surface area contributed by atoms with Crippen LogP contribution in [-0.2, 0) is 4.79 Å². The number of carbonyl (C=O) groups is 1. The van der Waals surface area contributed by atoms with Gasteiger partial charge in [0.1, 0.15) is 11.5 Å². The number of hydrogen-bond donors (Lipinski definition) is 3. The molecule has 0 amide bonds. The summed E-state index contributed by atoms with van der Waals surface area (Å²) >= 11 is 3.48. The molecule has 0 radical (unpaired) electrons. The van der Waals surface area contributed by atoms with E-state index in [1.165, 1.54) is 0 Å². The molecule has 5 heteroatoms. The topological polar surface area (TPSA) is 61.4 Å². The Morgan fingerprint density at radius 2 is 1.88 bits per heavy atom. The zero-order valence-electron chi connectivity index (χ0n) is 14.7. The molecule has 4 nitrogen and oxygen atoms in total. The van der Waals surface area contributed by atoms with E-state index in [1.807, 2.05) is 30.3 Å². The second-order valence-corrected chi connectivity index (χ2v) is 8.62. The number of para-hydroxylation sites is 2. The van der Waals surface area contributed by atoms with E-state index in [0.717, 1.165) is 21.5 Å². The van der Waals surface area contributed by atoms with E-state index in [-0.39, 0.29) is 28.9 Å². The highest BCUT2D eigenvalue weighted by Gasteiger charge is 2.42. The van der Waals surface area contributed by atoms with Crippen molar-refractivity contribution in [2.24, 2.45) is 11.3 Å². The maximum Gasteiger partial charge on any atom is 0.145 e. The number of allylic oxidation sites excluding steroid dienone is 1. The average Bonchev–Trinajstić information content (AvgIpc) is 2.72. The second-order valence-electron chi connectivity index (χ2n) is 7.70. The predicted molar refractivity (Wildman–Crippen MR) is 107 cm³/mol. The summed E-state index contributed by atoms with van der Waals surface area (Å²) in [7, 11) is 0. The largest absolute Gasteiger partial charge is 0.508 e. The van der Waals surface area contributed by atoms with Crippen LogP contribution >= 0.6 is 15.9 Å². The Morgan fingerprint density at radius 1 is 1.15 bits per heavy atom. The Morgan fingerprint density at radius 3 is 2.65 bits per heavy atom. The molecule has 2 aliphatic rings. The van der Waals surface area contributed by atoms with Crippen molar-refractivity contribution in [1.29, 1.82) is 0 Å². The molecule has 0 bridgehead atoms. The summed E-state index contributed by atoms with van der Waals surface area (Å²) in [6, 6.07) is 12.9. The zero-order valence-corrected chi connectivity index (χ0v) is 16.3. The van der Waals surface area contributed by atoms with Crippen LogP contribution in [0.25, 0.3) is 0 Å². The highest BCUT2D eigenvalue weighted by molar-refractivity contribution is 9.10. The number of phenolic OH excluding ortho intramolecular Hbond substituents is 1. The number of fused-ring (bicyclic) bond motifs is 2. The number of hydrogen-bond acceptors (Lipinski definition) is 4. The van der Waals surface area contributed by atoms with E-state index < -0.39 is 0 Å². The third kappa shape index (κ3) is 3.01. The number of anilines is 2. The first-order valence-electron chi connectivity index (χ1n) is 8.70. The molecule has 3 N–H and O–H groups in total. The fraction of sp³-hybridized carbons (Fsp3) is 0.286. The van der Waals surface area contributed by atoms with Crippen molar-refractivity contribution in [1.82, 2.24) is 0 Å². The SMILES string of the molecule is CC1(C)C=C2Nc3ccccc3NC(c3cc(Br)ccc3O)C2C(=O)C1. The summed E-state index contributed by atoms with van der Waals surface area (Å²) in [5.74, 6) is -0.0256. The van der Waals surface area contributed by atoms with E-state index in [2.05, 4.69) is 46.5 Å². The standard InChI is InChI=1S/C21H21BrN2O2/c1-21(2)10-16-19(18(26)11-21)20(13-9-12(22)7-8-17(13)25)24-15-6-4-3-5-14(15)23-16/h3-10,19-20,23-25H,11H2,1-2H3. The molecule has 2 unspecified atom stereocenters. The van der Waals surface area contributed by atoms with Crippen LogP contribution in [0.2, 0.25) is 0 Å². The van der Waals surface area contributed by atoms with E-state index >= 15 is 0 Å². The number of phenols is 1. The van der Waals surface area contributed by atoms with Gasteiger partial charge in [0, 0.05) is 22.2 Å². The number of Topliss-reactive ketones (excluding diaryl/α,β-unsaturated/α-hetero) is 1. The molecule has 2 atom stereocenters. The maximum atomic E-state index is 13.1. The van der Waals surface area contributed by atoms with Gasteiger partial charge in [-0.2, -0.15) is 0 Å². The molecule has 0 spiro atoms. The second kappa shape index (κ2) is 6.16. The van der Waals surface area contributed by atoms with Gasteiger partial charge in [-0.15, -0.1) is 0 Å². The van der Waals surface area contributed by atoms with Gasteiger partial charge in [0.15, 0.2) is 0 Å². The van der Waals surface area contributed by atoms with Crippen molar-refractivity contribution in [2.75, 3.05) is 10.6 Å². The number of nitrogens with one attached hydrogen (secondary N) is 2. The van der Waals surface area contributed by atoms with Gasteiger partial charge in [0.2, 0.25) is 0 Å². The van der Waals surface area contributed by atoms with Crippen LogP contribution in [0.3, 0.4) is 0 Å². The van der Waals surface area contributed by atoms with Gasteiger partial charge < -0.3 is 15.7 Å². The Hall–Kier alpha value is -2.27. The lowest BCUT2D eigenvalue weighted by atomic mass is 9.72. The molecule has 26 heavy (non-hydrogen) atoms. The Kier molecular flexibility index (Phi) is 4.07. The van der Waals surface area contributed by atoms with Crippen molar-refractivity contribution < 1.29 is 9.90 Å². The van der Waals surface area contributed by atoms with Crippen LogP contribution in [0, 0.1) is 11.3 Å². The molecule has 0 saturated carbocycles. The molecule has 4 rings (SSSR count). The van der Waals surface area contributed by atoms with E-state index in [1.54, 1.807) is 12.1 Å². The third-order valence-corrected chi connectivity index (χ3v) is 5.53. The summed E-state index contributed by atoms with van der Waals surface area (Å²) in [5, 5.41) is 17.5. The molecule has 1 aliphatic carbocycles. The van der Waals surface area contributed by atoms with Crippen molar-refractivity contribution in [3.8, 4) is 5.75 Å². The first-order valence-corrected chi connectivity index (χ1v) is 9.50. The number of rotatable bonds is 1. The van der Waals surface area contributed by atoms with Gasteiger partial charge in [0.25, 0.3) is 0 Å². The van der Waals surface area contributed by atoms with Crippen LogP contribution in [0.15, 0.2) is 58.7 Å². The van der Waals surface area contributed by atoms with Crippen molar-refractivity contribution >= 4 is 33.1 Å². The van der Waals surface area contributed by atoms with Gasteiger partial charge >= 0.3 is 0 Å². The number of aromatic hydroxyl groups is 1. The first-order chi connectivity index (χ1) is 12.3. The number of carbonyl (C=O) groups excluding carboxylic acids is 1. The van der Waals surface area contributed by atoms with Crippen LogP contribution in [0.1, 0.15) is 31.9 Å². The van der Waals surface area contributed by atoms with Crippen LogP contribution in [-0.4, -0.2) is 10.9 Å². The number of ketones is 1. The van der Waals surface area contributed by atoms with Gasteiger partial charge in [-0.1, -0.05) is 48.0 Å². The summed E-state index contributed by atoms with van der Waals surface area (Å²) in [6.07, 6.45) is 2.64. The first kappa shape index (κ1) is 17.2. The van der Waals surface area contributed by atoms with E-state index in [4.69, 9.17) is 0 Å². The minimum absolute atomic E-state index is 0.171. The molecule has 0 saturated heterocycles. The molecule has 1 heterocycles. The molecule has 0 fully saturated rings. The minimum Gasteiger partial charge on any atom is -0.508 e. The number of benzene rings is 2. The van der Waals surface area contributed by atoms with Crippen molar-refractivity contribution in [3.05, 3.63) is 64.3 Å². The Bertz CT molecular complexity index is 920. The molecule has 2 aromatic rings. The molecular formula is C21H21BrN2O2. The van der Waals surface area contributed by atoms with Crippen LogP contribution < -0.4 is 10.6 Å². The summed E-state index contributed by atoms with van der Waals surface area (Å²) in [5.41, 5.74) is 3.26. The van der Waals surface area contributed by atoms with Gasteiger partial charge in [-0.05, 0) is 35.7 Å². The van der Waals surface area contributed by atoms with E-state index in [9.17, 15) is 9.90 Å². The van der Waals surface area contributed by atoms with Crippen LogP contribution in [0.5, 0.6) is 5.75 Å². The van der Waals surface area contributed by atoms with Gasteiger partial charge in [-0.25, -0.2) is 0 Å². The highest BCUT2D eigenvalue weighted by atomic mass is 79.9. The predicted octanol–water partition coefficient (Wildman–Crippen LogP) is 5.23. The molecular weight excluding hydrogens is 392 g/mol. The monoisotopic (exact) mass is 412 g/mol. The Labute approximate surface area is 161 Å². The lowest BCUT2D eigenvalue weighted by molar-refractivity contribution is -0.124. The normalized spacial score (nSPS) is 23.7. The molecule has 2 aromatic carbocycles. The summed E-state index contributed by atoms with van der Waals surface area (Å²) in [6.45, 7) is 4.15. The molecule has 134 valence electrons. The summed E-state index contributed by atoms with van der Waals surface area (Å²) in [4.78, 5) is 13.1.